The number of hydrogen-bond acceptors (Lipinski definition) is 2. The summed E-state index contributed by atoms with van der Waals surface area (Å²) in [5.74, 6) is 0. The minimum Gasteiger partial charge on any atom is -0.307 e. The van der Waals surface area contributed by atoms with Gasteiger partial charge in [0.15, 0.2) is 5.65 Å². The van der Waals surface area contributed by atoms with Crippen LogP contribution in [0.4, 0.5) is 0 Å². The van der Waals surface area contributed by atoms with Crippen LogP contribution in [0, 0.1) is 0 Å². The first kappa shape index (κ1) is 12.8. The second kappa shape index (κ2) is 4.56. The van der Waals surface area contributed by atoms with Gasteiger partial charge in [0.2, 0.25) is 0 Å². The molecule has 2 heterocycles. The largest absolute Gasteiger partial charge is 0.332 e. The van der Waals surface area contributed by atoms with Crippen LogP contribution in [-0.4, -0.2) is 14.4 Å². The molecule has 108 valence electrons. The van der Waals surface area contributed by atoms with Crippen LogP contribution in [0.15, 0.2) is 41.2 Å². The molecule has 0 atom stereocenters. The highest BCUT2D eigenvalue weighted by atomic mass is 16.1. The van der Waals surface area contributed by atoms with Crippen molar-refractivity contribution in [3.05, 3.63) is 57.5 Å². The van der Waals surface area contributed by atoms with Gasteiger partial charge in [-0.1, -0.05) is 36.4 Å². The zero-order valence-corrected chi connectivity index (χ0v) is 12.4. The number of nitrogens with one attached hydrogen (secondary N) is 1. The van der Waals surface area contributed by atoms with E-state index in [1.54, 1.807) is 4.40 Å². The van der Waals surface area contributed by atoms with Gasteiger partial charge in [-0.3, -0.25) is 0 Å². The van der Waals surface area contributed by atoms with Gasteiger partial charge in [-0.15, -0.1) is 0 Å². The first-order valence-electron chi connectivity index (χ1n) is 7.29. The Morgan fingerprint density at radius 1 is 1.09 bits per heavy atom. The number of H-pyrrole nitrogens is 1. The quantitative estimate of drug-likeness (QED) is 0.538. The summed E-state index contributed by atoms with van der Waals surface area (Å²) < 4.78 is 1.66. The van der Waals surface area contributed by atoms with Crippen LogP contribution in [0.3, 0.4) is 0 Å². The lowest BCUT2D eigenvalue weighted by molar-refractivity contribution is 0.988. The first-order chi connectivity index (χ1) is 10.7. The lowest BCUT2D eigenvalue weighted by Gasteiger charge is -1.99. The SMILES string of the molecule is C/C=c1/[nH]c(=O)n2c(nc3cc4ccccc4cc32)/c1=C/C. The summed E-state index contributed by atoms with van der Waals surface area (Å²) in [6.07, 6.45) is 3.87. The summed E-state index contributed by atoms with van der Waals surface area (Å²) in [6.45, 7) is 3.86. The Kier molecular flexibility index (Phi) is 2.66. The third kappa shape index (κ3) is 1.64. The predicted molar refractivity (Wildman–Crippen MR) is 90.4 cm³/mol. The van der Waals surface area contributed by atoms with Crippen molar-refractivity contribution < 1.29 is 0 Å². The molecule has 2 aromatic carbocycles. The Balaban J connectivity index is 2.36. The fourth-order valence-corrected chi connectivity index (χ4v) is 3.02. The number of benzene rings is 2. The molecule has 4 aromatic rings. The van der Waals surface area contributed by atoms with Crippen molar-refractivity contribution in [2.24, 2.45) is 0 Å². The van der Waals surface area contributed by atoms with E-state index in [4.69, 9.17) is 4.98 Å². The molecular weight excluding hydrogens is 274 g/mol. The fraction of sp³-hybridized carbons (Fsp3) is 0.111. The second-order valence-corrected chi connectivity index (χ2v) is 5.29. The molecule has 0 bridgehead atoms. The molecule has 0 saturated carbocycles. The number of aromatic amines is 1. The van der Waals surface area contributed by atoms with E-state index < -0.39 is 0 Å². The third-order valence-electron chi connectivity index (χ3n) is 4.08. The van der Waals surface area contributed by atoms with E-state index in [-0.39, 0.29) is 5.69 Å². The van der Waals surface area contributed by atoms with Gasteiger partial charge in [-0.05, 0) is 36.8 Å². The van der Waals surface area contributed by atoms with Crippen LogP contribution in [-0.2, 0) is 0 Å². The molecule has 4 nitrogen and oxygen atoms in total. The highest BCUT2D eigenvalue weighted by Gasteiger charge is 2.10. The van der Waals surface area contributed by atoms with Gasteiger partial charge in [-0.2, -0.15) is 0 Å². The number of nitrogens with zero attached hydrogens (tertiary/aromatic N) is 2. The molecule has 0 saturated heterocycles. The number of imidazole rings is 1. The van der Waals surface area contributed by atoms with E-state index in [2.05, 4.69) is 11.1 Å². The summed E-state index contributed by atoms with van der Waals surface area (Å²) in [4.78, 5) is 20.1. The van der Waals surface area contributed by atoms with Crippen molar-refractivity contribution in [3.8, 4) is 0 Å². The zero-order valence-electron chi connectivity index (χ0n) is 12.4. The van der Waals surface area contributed by atoms with Crippen molar-refractivity contribution >= 4 is 39.6 Å². The molecule has 0 spiro atoms. The van der Waals surface area contributed by atoms with Gasteiger partial charge < -0.3 is 4.98 Å². The highest BCUT2D eigenvalue weighted by Crippen LogP contribution is 2.21. The van der Waals surface area contributed by atoms with Crippen molar-refractivity contribution in [3.63, 3.8) is 0 Å². The normalized spacial score (nSPS) is 13.7. The minimum atomic E-state index is -0.161. The molecule has 0 unspecified atom stereocenters. The highest BCUT2D eigenvalue weighted by molar-refractivity contribution is 5.96. The first-order valence-corrected chi connectivity index (χ1v) is 7.29. The van der Waals surface area contributed by atoms with Crippen LogP contribution >= 0.6 is 0 Å². The Morgan fingerprint density at radius 2 is 1.82 bits per heavy atom. The molecule has 0 fully saturated rings. The van der Waals surface area contributed by atoms with Gasteiger partial charge in [0.1, 0.15) is 0 Å². The average molecular weight is 289 g/mol. The summed E-state index contributed by atoms with van der Waals surface area (Å²) in [5.41, 5.74) is 2.21. The van der Waals surface area contributed by atoms with Crippen molar-refractivity contribution in [1.29, 1.82) is 0 Å². The second-order valence-electron chi connectivity index (χ2n) is 5.29. The maximum absolute atomic E-state index is 12.5. The van der Waals surface area contributed by atoms with Crippen LogP contribution in [0.2, 0.25) is 0 Å². The van der Waals surface area contributed by atoms with E-state index >= 15 is 0 Å². The molecular formula is C18H15N3O. The minimum absolute atomic E-state index is 0.161. The molecule has 4 heteroatoms. The van der Waals surface area contributed by atoms with Gasteiger partial charge in [-0.25, -0.2) is 14.2 Å². The number of hydrogen-bond donors (Lipinski definition) is 1. The van der Waals surface area contributed by atoms with E-state index in [1.165, 1.54) is 0 Å². The van der Waals surface area contributed by atoms with Gasteiger partial charge in [0.05, 0.1) is 11.0 Å². The molecule has 0 amide bonds. The molecule has 0 aliphatic rings. The van der Waals surface area contributed by atoms with Crippen molar-refractivity contribution in [2.75, 3.05) is 0 Å². The summed E-state index contributed by atoms with van der Waals surface area (Å²) in [6, 6.07) is 12.2. The van der Waals surface area contributed by atoms with Crippen LogP contribution < -0.4 is 16.3 Å². The molecule has 2 aromatic heterocycles. The molecule has 1 N–H and O–H groups in total. The number of rotatable bonds is 0. The Hall–Kier alpha value is -2.88. The Bertz CT molecular complexity index is 1210. The maximum atomic E-state index is 12.5. The summed E-state index contributed by atoms with van der Waals surface area (Å²) in [7, 11) is 0. The van der Waals surface area contributed by atoms with Crippen LogP contribution in [0.25, 0.3) is 39.6 Å². The van der Waals surface area contributed by atoms with E-state index in [0.717, 1.165) is 32.4 Å². The average Bonchev–Trinajstić information content (AvgIpc) is 2.91. The Morgan fingerprint density at radius 3 is 2.50 bits per heavy atom. The smallest absolute Gasteiger partial charge is 0.307 e. The molecule has 0 aliphatic carbocycles. The summed E-state index contributed by atoms with van der Waals surface area (Å²) >= 11 is 0. The lowest BCUT2D eigenvalue weighted by atomic mass is 10.1. The van der Waals surface area contributed by atoms with Crippen molar-refractivity contribution in [2.45, 2.75) is 13.8 Å². The molecule has 0 radical (unpaired) electrons. The zero-order chi connectivity index (χ0) is 15.3. The van der Waals surface area contributed by atoms with Gasteiger partial charge in [0, 0.05) is 10.6 Å². The van der Waals surface area contributed by atoms with Gasteiger partial charge in [0.25, 0.3) is 0 Å². The Labute approximate surface area is 126 Å². The maximum Gasteiger partial charge on any atom is 0.332 e. The van der Waals surface area contributed by atoms with E-state index in [1.807, 2.05) is 56.3 Å². The lowest BCUT2D eigenvalue weighted by Crippen LogP contribution is -2.38. The number of aromatic nitrogens is 3. The molecule has 4 rings (SSSR count). The van der Waals surface area contributed by atoms with Gasteiger partial charge >= 0.3 is 5.69 Å². The van der Waals surface area contributed by atoms with Crippen LogP contribution in [0.5, 0.6) is 0 Å². The van der Waals surface area contributed by atoms with Crippen LogP contribution in [0.1, 0.15) is 13.8 Å². The predicted octanol–water partition coefficient (Wildman–Crippen LogP) is 1.93. The standard InChI is InChI=1S/C18H15N3O/c1-3-13-14(4-2)20-18(22)21-16-10-12-8-6-5-7-11(12)9-15(16)19-17(13)21/h3-10H,1-2H3,(H,20,22)/b13-3+,14-4+. The number of fused-ring (bicyclic) bond motifs is 4. The molecule has 0 aliphatic heterocycles. The third-order valence-corrected chi connectivity index (χ3v) is 4.08. The van der Waals surface area contributed by atoms with Crippen molar-refractivity contribution in [1.82, 2.24) is 14.4 Å². The summed E-state index contributed by atoms with van der Waals surface area (Å²) in [5, 5.41) is 3.98. The fourth-order valence-electron chi connectivity index (χ4n) is 3.02. The molecule has 22 heavy (non-hydrogen) atoms. The van der Waals surface area contributed by atoms with E-state index in [0.29, 0.717) is 5.65 Å². The van der Waals surface area contributed by atoms with E-state index in [9.17, 15) is 4.79 Å². The topological polar surface area (TPSA) is 50.2 Å². The monoisotopic (exact) mass is 289 g/mol.